The molecular formula is C17H14F2N2. The Bertz CT molecular complexity index is 761. The molecule has 0 aliphatic rings. The van der Waals surface area contributed by atoms with Crippen molar-refractivity contribution in [3.8, 4) is 0 Å². The van der Waals surface area contributed by atoms with Crippen LogP contribution in [0.3, 0.4) is 0 Å². The summed E-state index contributed by atoms with van der Waals surface area (Å²) in [5.41, 5.74) is 3.97. The zero-order chi connectivity index (χ0) is 14.8. The SMILES string of the molecule is NNC(c1cc(F)cc(F)c1)c1cccc2ccccc12. The minimum absolute atomic E-state index is 0.450. The van der Waals surface area contributed by atoms with Gasteiger partial charge >= 0.3 is 0 Å². The molecule has 0 saturated carbocycles. The number of hydrazine groups is 1. The van der Waals surface area contributed by atoms with Gasteiger partial charge in [0.25, 0.3) is 0 Å². The highest BCUT2D eigenvalue weighted by atomic mass is 19.1. The van der Waals surface area contributed by atoms with E-state index in [0.29, 0.717) is 5.56 Å². The van der Waals surface area contributed by atoms with E-state index >= 15 is 0 Å². The van der Waals surface area contributed by atoms with Gasteiger partial charge in [0, 0.05) is 6.07 Å². The Balaban J connectivity index is 2.18. The maximum atomic E-state index is 13.4. The minimum Gasteiger partial charge on any atom is -0.271 e. The largest absolute Gasteiger partial charge is 0.271 e. The molecule has 106 valence electrons. The van der Waals surface area contributed by atoms with Gasteiger partial charge in [0.1, 0.15) is 11.6 Å². The van der Waals surface area contributed by atoms with Crippen molar-refractivity contribution in [1.82, 2.24) is 5.43 Å². The highest BCUT2D eigenvalue weighted by Crippen LogP contribution is 2.29. The smallest absolute Gasteiger partial charge is 0.126 e. The van der Waals surface area contributed by atoms with Crippen molar-refractivity contribution in [2.75, 3.05) is 0 Å². The van der Waals surface area contributed by atoms with E-state index in [1.807, 2.05) is 42.5 Å². The summed E-state index contributed by atoms with van der Waals surface area (Å²) in [7, 11) is 0. The molecule has 3 aromatic carbocycles. The number of fused-ring (bicyclic) bond motifs is 1. The fourth-order valence-corrected chi connectivity index (χ4v) is 2.61. The van der Waals surface area contributed by atoms with Crippen LogP contribution >= 0.6 is 0 Å². The van der Waals surface area contributed by atoms with Crippen LogP contribution in [0.15, 0.2) is 60.7 Å². The summed E-state index contributed by atoms with van der Waals surface area (Å²) in [4.78, 5) is 0. The molecule has 2 nitrogen and oxygen atoms in total. The molecule has 1 unspecified atom stereocenters. The lowest BCUT2D eigenvalue weighted by atomic mass is 9.94. The third-order valence-electron chi connectivity index (χ3n) is 3.52. The molecule has 4 heteroatoms. The molecule has 0 amide bonds. The number of hydrogen-bond donors (Lipinski definition) is 2. The van der Waals surface area contributed by atoms with Crippen LogP contribution in [-0.2, 0) is 0 Å². The molecule has 3 rings (SSSR count). The molecule has 1 atom stereocenters. The van der Waals surface area contributed by atoms with Crippen LogP contribution in [0.1, 0.15) is 17.2 Å². The van der Waals surface area contributed by atoms with E-state index < -0.39 is 17.7 Å². The average molecular weight is 284 g/mol. The molecular weight excluding hydrogens is 270 g/mol. The second-order valence-electron chi connectivity index (χ2n) is 4.87. The zero-order valence-electron chi connectivity index (χ0n) is 11.2. The maximum Gasteiger partial charge on any atom is 0.126 e. The standard InChI is InChI=1S/C17H14F2N2/c18-13-8-12(9-14(19)10-13)17(21-20)16-7-3-5-11-4-1-2-6-15(11)16/h1-10,17,21H,20H2. The van der Waals surface area contributed by atoms with Crippen LogP contribution in [0.25, 0.3) is 10.8 Å². The summed E-state index contributed by atoms with van der Waals surface area (Å²) >= 11 is 0. The average Bonchev–Trinajstić information content (AvgIpc) is 2.47. The lowest BCUT2D eigenvalue weighted by molar-refractivity contribution is 0.567. The van der Waals surface area contributed by atoms with Gasteiger partial charge in [0.2, 0.25) is 0 Å². The van der Waals surface area contributed by atoms with Gasteiger partial charge in [-0.3, -0.25) is 5.84 Å². The van der Waals surface area contributed by atoms with E-state index in [1.54, 1.807) is 0 Å². The summed E-state index contributed by atoms with van der Waals surface area (Å²) in [6.45, 7) is 0. The Labute approximate surface area is 121 Å². The van der Waals surface area contributed by atoms with Gasteiger partial charge in [0.05, 0.1) is 6.04 Å². The van der Waals surface area contributed by atoms with E-state index in [-0.39, 0.29) is 0 Å². The monoisotopic (exact) mass is 284 g/mol. The quantitative estimate of drug-likeness (QED) is 0.569. The molecule has 0 fully saturated rings. The summed E-state index contributed by atoms with van der Waals surface area (Å²) in [5, 5.41) is 2.04. The molecule has 0 aliphatic carbocycles. The van der Waals surface area contributed by atoms with Gasteiger partial charge in [-0.15, -0.1) is 0 Å². The second kappa shape index (κ2) is 5.60. The molecule has 0 bridgehead atoms. The Kier molecular flexibility index (Phi) is 3.64. The summed E-state index contributed by atoms with van der Waals surface area (Å²) in [6.07, 6.45) is 0. The molecule has 0 radical (unpaired) electrons. The van der Waals surface area contributed by atoms with Crippen molar-refractivity contribution < 1.29 is 8.78 Å². The predicted octanol–water partition coefficient (Wildman–Crippen LogP) is 3.67. The van der Waals surface area contributed by atoms with E-state index in [1.165, 1.54) is 12.1 Å². The highest BCUT2D eigenvalue weighted by molar-refractivity contribution is 5.86. The number of benzene rings is 3. The third-order valence-corrected chi connectivity index (χ3v) is 3.52. The van der Waals surface area contributed by atoms with Crippen molar-refractivity contribution in [2.24, 2.45) is 5.84 Å². The first-order chi connectivity index (χ1) is 10.2. The topological polar surface area (TPSA) is 38.0 Å². The van der Waals surface area contributed by atoms with Gasteiger partial charge in [-0.1, -0.05) is 42.5 Å². The molecule has 21 heavy (non-hydrogen) atoms. The fourth-order valence-electron chi connectivity index (χ4n) is 2.61. The lowest BCUT2D eigenvalue weighted by Gasteiger charge is -2.19. The Morgan fingerprint density at radius 2 is 1.52 bits per heavy atom. The van der Waals surface area contributed by atoms with E-state index in [2.05, 4.69) is 5.43 Å². The van der Waals surface area contributed by atoms with Crippen LogP contribution in [0.5, 0.6) is 0 Å². The lowest BCUT2D eigenvalue weighted by Crippen LogP contribution is -2.29. The molecule has 0 saturated heterocycles. The van der Waals surface area contributed by atoms with Crippen LogP contribution in [0, 0.1) is 11.6 Å². The van der Waals surface area contributed by atoms with Crippen LogP contribution < -0.4 is 11.3 Å². The Morgan fingerprint density at radius 3 is 2.24 bits per heavy atom. The molecule has 3 aromatic rings. The maximum absolute atomic E-state index is 13.4. The summed E-state index contributed by atoms with van der Waals surface area (Å²) in [5.74, 6) is 4.39. The van der Waals surface area contributed by atoms with Crippen molar-refractivity contribution in [2.45, 2.75) is 6.04 Å². The van der Waals surface area contributed by atoms with Gasteiger partial charge in [0.15, 0.2) is 0 Å². The number of nitrogens with two attached hydrogens (primary N) is 1. The number of halogens is 2. The van der Waals surface area contributed by atoms with Gasteiger partial charge < -0.3 is 0 Å². The van der Waals surface area contributed by atoms with Crippen molar-refractivity contribution >= 4 is 10.8 Å². The first-order valence-corrected chi connectivity index (χ1v) is 6.59. The van der Waals surface area contributed by atoms with E-state index in [9.17, 15) is 8.78 Å². The summed E-state index contributed by atoms with van der Waals surface area (Å²) in [6, 6.07) is 16.5. The van der Waals surface area contributed by atoms with Crippen LogP contribution in [0.4, 0.5) is 8.78 Å². The second-order valence-corrected chi connectivity index (χ2v) is 4.87. The zero-order valence-corrected chi connectivity index (χ0v) is 11.2. The van der Waals surface area contributed by atoms with Gasteiger partial charge in [-0.05, 0) is 34.0 Å². The number of nitrogens with one attached hydrogen (secondary N) is 1. The van der Waals surface area contributed by atoms with E-state index in [0.717, 1.165) is 22.4 Å². The van der Waals surface area contributed by atoms with Crippen LogP contribution in [0.2, 0.25) is 0 Å². The molecule has 0 heterocycles. The van der Waals surface area contributed by atoms with Crippen molar-refractivity contribution in [3.05, 3.63) is 83.4 Å². The highest BCUT2D eigenvalue weighted by Gasteiger charge is 2.16. The van der Waals surface area contributed by atoms with Gasteiger partial charge in [-0.2, -0.15) is 0 Å². The first-order valence-electron chi connectivity index (χ1n) is 6.59. The van der Waals surface area contributed by atoms with Crippen molar-refractivity contribution in [3.63, 3.8) is 0 Å². The number of rotatable bonds is 3. The molecule has 3 N–H and O–H groups in total. The van der Waals surface area contributed by atoms with Gasteiger partial charge in [-0.25, -0.2) is 14.2 Å². The first kappa shape index (κ1) is 13.7. The third kappa shape index (κ3) is 2.63. The summed E-state index contributed by atoms with van der Waals surface area (Å²) < 4.78 is 26.9. The normalized spacial score (nSPS) is 12.5. The minimum atomic E-state index is -0.620. The molecule has 0 spiro atoms. The molecule has 0 aromatic heterocycles. The predicted molar refractivity (Wildman–Crippen MR) is 79.5 cm³/mol. The van der Waals surface area contributed by atoms with E-state index in [4.69, 9.17) is 5.84 Å². The number of hydrogen-bond acceptors (Lipinski definition) is 2. The Hall–Kier alpha value is -2.30. The van der Waals surface area contributed by atoms with Crippen LogP contribution in [-0.4, -0.2) is 0 Å². The Morgan fingerprint density at radius 1 is 0.857 bits per heavy atom. The molecule has 0 aliphatic heterocycles. The fraction of sp³-hybridized carbons (Fsp3) is 0.0588. The van der Waals surface area contributed by atoms with Crippen molar-refractivity contribution in [1.29, 1.82) is 0 Å².